The van der Waals surface area contributed by atoms with Gasteiger partial charge in [0.15, 0.2) is 0 Å². The Morgan fingerprint density at radius 1 is 1.25 bits per heavy atom. The minimum atomic E-state index is -0.340. The van der Waals surface area contributed by atoms with Gasteiger partial charge in [0.25, 0.3) is 0 Å². The molecule has 7 heteroatoms. The summed E-state index contributed by atoms with van der Waals surface area (Å²) in [6, 6.07) is 13.9. The van der Waals surface area contributed by atoms with Crippen LogP contribution in [0.1, 0.15) is 36.4 Å². The number of nitrogens with one attached hydrogen (secondary N) is 1. The SMILES string of the molecule is CN(CCCNCC1CC1)C(=O)N1N=C2c3cc(F)ccc3OCC2C1c1ccccc1. The molecule has 32 heavy (non-hydrogen) atoms. The molecule has 2 aromatic rings. The van der Waals surface area contributed by atoms with Crippen LogP contribution >= 0.6 is 0 Å². The fourth-order valence-corrected chi connectivity index (χ4v) is 4.53. The maximum atomic E-state index is 14.0. The van der Waals surface area contributed by atoms with Crippen molar-refractivity contribution in [2.75, 3.05) is 33.3 Å². The standard InChI is InChI=1S/C25H29FN4O2/c1-29(13-5-12-27-15-17-8-9-17)25(31)30-24(18-6-3-2-4-7-18)21-16-32-22-11-10-19(26)14-20(22)23(21)28-30/h2-4,6-7,10-11,14,17,21,24,27H,5,8-9,12-13,15-16H2,1H3. The van der Waals surface area contributed by atoms with Crippen LogP contribution in [0.15, 0.2) is 53.6 Å². The fraction of sp³-hybridized carbons (Fsp3) is 0.440. The van der Waals surface area contributed by atoms with Gasteiger partial charge in [-0.1, -0.05) is 30.3 Å². The molecule has 1 saturated carbocycles. The van der Waals surface area contributed by atoms with E-state index in [0.29, 0.717) is 30.2 Å². The van der Waals surface area contributed by atoms with Crippen LogP contribution in [-0.2, 0) is 0 Å². The molecule has 2 aromatic carbocycles. The van der Waals surface area contributed by atoms with Crippen molar-refractivity contribution < 1.29 is 13.9 Å². The van der Waals surface area contributed by atoms with Crippen molar-refractivity contribution in [2.45, 2.75) is 25.3 Å². The van der Waals surface area contributed by atoms with Crippen LogP contribution in [0, 0.1) is 17.7 Å². The molecule has 0 saturated heterocycles. The number of fused-ring (bicyclic) bond motifs is 3. The van der Waals surface area contributed by atoms with Crippen LogP contribution in [0.3, 0.4) is 0 Å². The molecule has 168 valence electrons. The second-order valence-corrected chi connectivity index (χ2v) is 8.95. The van der Waals surface area contributed by atoms with Crippen LogP contribution < -0.4 is 10.1 Å². The molecule has 1 aliphatic carbocycles. The third-order valence-electron chi connectivity index (χ3n) is 6.49. The first-order chi connectivity index (χ1) is 15.6. The number of benzene rings is 2. The number of carbonyl (C=O) groups is 1. The van der Waals surface area contributed by atoms with Gasteiger partial charge in [-0.15, -0.1) is 0 Å². The molecular weight excluding hydrogens is 407 g/mol. The number of hydrogen-bond donors (Lipinski definition) is 1. The molecule has 6 nitrogen and oxygen atoms in total. The van der Waals surface area contributed by atoms with Gasteiger partial charge in [0, 0.05) is 19.2 Å². The Balaban J connectivity index is 1.36. The van der Waals surface area contributed by atoms with Crippen LogP contribution in [0.5, 0.6) is 5.75 Å². The lowest BCUT2D eigenvalue weighted by Gasteiger charge is -2.31. The first-order valence-electron chi connectivity index (χ1n) is 11.4. The number of ether oxygens (including phenoxy) is 1. The van der Waals surface area contributed by atoms with E-state index >= 15 is 0 Å². The molecule has 0 radical (unpaired) electrons. The van der Waals surface area contributed by atoms with E-state index in [9.17, 15) is 9.18 Å². The molecule has 2 aliphatic heterocycles. The molecule has 2 atom stereocenters. The smallest absolute Gasteiger partial charge is 0.340 e. The Morgan fingerprint density at radius 3 is 2.84 bits per heavy atom. The minimum Gasteiger partial charge on any atom is -0.492 e. The van der Waals surface area contributed by atoms with Gasteiger partial charge in [-0.25, -0.2) is 14.2 Å². The lowest BCUT2D eigenvalue weighted by atomic mass is 9.86. The van der Waals surface area contributed by atoms with Gasteiger partial charge in [0.05, 0.1) is 24.3 Å². The molecule has 0 bridgehead atoms. The van der Waals surface area contributed by atoms with Crippen LogP contribution in [0.2, 0.25) is 0 Å². The van der Waals surface area contributed by atoms with E-state index < -0.39 is 0 Å². The largest absolute Gasteiger partial charge is 0.492 e. The van der Waals surface area contributed by atoms with Crippen LogP contribution in [-0.4, -0.2) is 54.9 Å². The topological polar surface area (TPSA) is 57.2 Å². The number of rotatable bonds is 7. The number of halogens is 1. The number of nitrogens with zero attached hydrogens (tertiary/aromatic N) is 3. The molecule has 1 fully saturated rings. The normalized spacial score (nSPS) is 21.4. The summed E-state index contributed by atoms with van der Waals surface area (Å²) in [5, 5.41) is 9.78. The monoisotopic (exact) mass is 436 g/mol. The molecule has 2 unspecified atom stereocenters. The highest BCUT2D eigenvalue weighted by Crippen LogP contribution is 2.43. The summed E-state index contributed by atoms with van der Waals surface area (Å²) >= 11 is 0. The van der Waals surface area contributed by atoms with Gasteiger partial charge in [-0.2, -0.15) is 5.10 Å². The number of urea groups is 1. The lowest BCUT2D eigenvalue weighted by molar-refractivity contribution is 0.133. The van der Waals surface area contributed by atoms with Crippen LogP contribution in [0.25, 0.3) is 0 Å². The molecule has 1 N–H and O–H groups in total. The second-order valence-electron chi connectivity index (χ2n) is 8.95. The van der Waals surface area contributed by atoms with E-state index in [1.807, 2.05) is 37.4 Å². The second kappa shape index (κ2) is 8.90. The van der Waals surface area contributed by atoms with Crippen molar-refractivity contribution in [1.29, 1.82) is 0 Å². The summed E-state index contributed by atoms with van der Waals surface area (Å²) in [5.74, 6) is 0.967. The number of carbonyl (C=O) groups excluding carboxylic acids is 1. The van der Waals surface area contributed by atoms with Crippen molar-refractivity contribution in [3.8, 4) is 5.75 Å². The molecule has 3 aliphatic rings. The van der Waals surface area contributed by atoms with E-state index in [2.05, 4.69) is 5.32 Å². The summed E-state index contributed by atoms with van der Waals surface area (Å²) in [6.45, 7) is 3.01. The zero-order valence-corrected chi connectivity index (χ0v) is 18.3. The maximum absolute atomic E-state index is 14.0. The van der Waals surface area contributed by atoms with Crippen molar-refractivity contribution in [1.82, 2.24) is 15.2 Å². The molecule has 2 heterocycles. The van der Waals surface area contributed by atoms with E-state index in [-0.39, 0.29) is 23.8 Å². The molecule has 2 amide bonds. The number of hydrogen-bond acceptors (Lipinski definition) is 4. The summed E-state index contributed by atoms with van der Waals surface area (Å²) < 4.78 is 19.9. The number of amides is 2. The third kappa shape index (κ3) is 4.21. The molecular formula is C25H29FN4O2. The highest BCUT2D eigenvalue weighted by atomic mass is 19.1. The molecule has 0 spiro atoms. The van der Waals surface area contributed by atoms with Crippen molar-refractivity contribution in [3.63, 3.8) is 0 Å². The van der Waals surface area contributed by atoms with E-state index in [1.54, 1.807) is 16.0 Å². The zero-order chi connectivity index (χ0) is 22.1. The summed E-state index contributed by atoms with van der Waals surface area (Å²) in [4.78, 5) is 15.2. The predicted octanol–water partition coefficient (Wildman–Crippen LogP) is 4.04. The van der Waals surface area contributed by atoms with Crippen molar-refractivity contribution in [3.05, 3.63) is 65.5 Å². The maximum Gasteiger partial charge on any atom is 0.340 e. The van der Waals surface area contributed by atoms with E-state index in [1.165, 1.54) is 25.0 Å². The Hall–Kier alpha value is -2.93. The highest BCUT2D eigenvalue weighted by molar-refractivity contribution is 6.07. The van der Waals surface area contributed by atoms with Gasteiger partial charge in [0.1, 0.15) is 11.6 Å². The molecule has 5 rings (SSSR count). The predicted molar refractivity (Wildman–Crippen MR) is 121 cm³/mol. The summed E-state index contributed by atoms with van der Waals surface area (Å²) in [6.07, 6.45) is 3.55. The lowest BCUT2D eigenvalue weighted by Crippen LogP contribution is -2.41. The van der Waals surface area contributed by atoms with E-state index in [0.717, 1.165) is 31.0 Å². The quantitative estimate of drug-likeness (QED) is 0.667. The zero-order valence-electron chi connectivity index (χ0n) is 18.3. The average Bonchev–Trinajstić information content (AvgIpc) is 3.55. The molecule has 0 aromatic heterocycles. The van der Waals surface area contributed by atoms with Gasteiger partial charge in [-0.05, 0) is 62.0 Å². The van der Waals surface area contributed by atoms with Gasteiger partial charge >= 0.3 is 6.03 Å². The highest BCUT2D eigenvalue weighted by Gasteiger charge is 2.45. The first-order valence-corrected chi connectivity index (χ1v) is 11.4. The third-order valence-corrected chi connectivity index (χ3v) is 6.49. The fourth-order valence-electron chi connectivity index (χ4n) is 4.53. The summed E-state index contributed by atoms with van der Waals surface area (Å²) in [5.41, 5.74) is 2.34. The van der Waals surface area contributed by atoms with Crippen molar-refractivity contribution >= 4 is 11.7 Å². The van der Waals surface area contributed by atoms with Gasteiger partial charge in [0.2, 0.25) is 0 Å². The van der Waals surface area contributed by atoms with E-state index in [4.69, 9.17) is 9.84 Å². The van der Waals surface area contributed by atoms with Gasteiger partial charge in [-0.3, -0.25) is 0 Å². The Bertz CT molecular complexity index is 1010. The number of hydrazone groups is 1. The Morgan fingerprint density at radius 2 is 2.06 bits per heavy atom. The average molecular weight is 437 g/mol. The Kier molecular flexibility index (Phi) is 5.83. The Labute approximate surface area is 188 Å². The van der Waals surface area contributed by atoms with Gasteiger partial charge < -0.3 is 15.0 Å². The van der Waals surface area contributed by atoms with Crippen molar-refractivity contribution in [2.24, 2.45) is 16.9 Å². The first kappa shape index (κ1) is 20.9. The van der Waals surface area contributed by atoms with Crippen LogP contribution in [0.4, 0.5) is 9.18 Å². The summed E-state index contributed by atoms with van der Waals surface area (Å²) in [7, 11) is 1.82. The minimum absolute atomic E-state index is 0.149.